The van der Waals surface area contributed by atoms with Crippen LogP contribution in [0.2, 0.25) is 0 Å². The predicted octanol–water partition coefficient (Wildman–Crippen LogP) is 1.99. The van der Waals surface area contributed by atoms with Crippen LogP contribution < -0.4 is 14.5 Å². The van der Waals surface area contributed by atoms with Gasteiger partial charge in [-0.05, 0) is 37.5 Å². The lowest BCUT2D eigenvalue weighted by Gasteiger charge is -2.38. The van der Waals surface area contributed by atoms with Crippen molar-refractivity contribution in [3.63, 3.8) is 0 Å². The highest BCUT2D eigenvalue weighted by Gasteiger charge is 2.29. The van der Waals surface area contributed by atoms with Gasteiger partial charge >= 0.3 is 6.01 Å². The number of aromatic nitrogens is 2. The van der Waals surface area contributed by atoms with E-state index in [9.17, 15) is 9.90 Å². The molecule has 2 saturated heterocycles. The summed E-state index contributed by atoms with van der Waals surface area (Å²) in [5, 5.41) is 10.1. The molecule has 1 aromatic carbocycles. The molecular weight excluding hydrogens is 484 g/mol. The fourth-order valence-electron chi connectivity index (χ4n) is 5.40. The van der Waals surface area contributed by atoms with Crippen molar-refractivity contribution in [2.24, 2.45) is 0 Å². The van der Waals surface area contributed by atoms with Gasteiger partial charge in [0.1, 0.15) is 11.6 Å². The maximum absolute atomic E-state index is 12.1. The number of benzene rings is 1. The van der Waals surface area contributed by atoms with Gasteiger partial charge < -0.3 is 29.3 Å². The smallest absolute Gasteiger partial charge is 0.318 e. The molecule has 2 aromatic rings. The third-order valence-corrected chi connectivity index (χ3v) is 7.58. The molecule has 2 fully saturated rings. The van der Waals surface area contributed by atoms with Crippen LogP contribution in [0.3, 0.4) is 0 Å². The molecular formula is C28H38N6O4. The van der Waals surface area contributed by atoms with Crippen LogP contribution in [-0.2, 0) is 22.5 Å². The molecule has 0 bridgehead atoms. The molecule has 0 saturated carbocycles. The van der Waals surface area contributed by atoms with Crippen LogP contribution in [0, 0.1) is 6.92 Å². The zero-order valence-corrected chi connectivity index (χ0v) is 22.3. The largest absolute Gasteiger partial charge is 0.508 e. The first-order chi connectivity index (χ1) is 18.5. The van der Waals surface area contributed by atoms with E-state index in [-0.39, 0.29) is 11.7 Å². The minimum Gasteiger partial charge on any atom is -0.508 e. The minimum absolute atomic E-state index is 0.0317. The summed E-state index contributed by atoms with van der Waals surface area (Å²) in [5.74, 6) is 1.14. The second-order valence-corrected chi connectivity index (χ2v) is 10.1. The highest BCUT2D eigenvalue weighted by molar-refractivity contribution is 5.87. The summed E-state index contributed by atoms with van der Waals surface area (Å²) in [6, 6.07) is 5.89. The van der Waals surface area contributed by atoms with E-state index >= 15 is 0 Å². The standard InChI is InChI=1S/C28H38N6O4/c1-3-26(36)32-10-12-33(13-11-32)27-23-7-9-34(25-19-22(35)6-5-21(25)2)20-24(23)29-28(30-27)38-16-4-8-31-14-17-37-18-15-31/h3,5-6,19,35H,1,4,7-18,20H2,2H3. The number of carbonyl (C=O) groups excluding carboxylic acids is 1. The summed E-state index contributed by atoms with van der Waals surface area (Å²) < 4.78 is 11.5. The average Bonchev–Trinajstić information content (AvgIpc) is 2.96. The second kappa shape index (κ2) is 12.0. The zero-order chi connectivity index (χ0) is 26.5. The van der Waals surface area contributed by atoms with E-state index in [4.69, 9.17) is 19.4 Å². The molecule has 10 heteroatoms. The van der Waals surface area contributed by atoms with E-state index in [1.165, 1.54) is 6.08 Å². The number of carbonyl (C=O) groups is 1. The second-order valence-electron chi connectivity index (χ2n) is 10.1. The third kappa shape index (κ3) is 6.02. The lowest BCUT2D eigenvalue weighted by atomic mass is 10.0. The number of fused-ring (bicyclic) bond motifs is 1. The van der Waals surface area contributed by atoms with Gasteiger partial charge in [0.05, 0.1) is 32.1 Å². The van der Waals surface area contributed by atoms with Crippen LogP contribution in [-0.4, -0.2) is 103 Å². The lowest BCUT2D eigenvalue weighted by molar-refractivity contribution is -0.126. The molecule has 3 aliphatic heterocycles. The summed E-state index contributed by atoms with van der Waals surface area (Å²) in [6.45, 7) is 14.8. The Bertz CT molecular complexity index is 1140. The first kappa shape index (κ1) is 26.2. The summed E-state index contributed by atoms with van der Waals surface area (Å²) in [6.07, 6.45) is 3.07. The Morgan fingerprint density at radius 1 is 1.11 bits per heavy atom. The maximum Gasteiger partial charge on any atom is 0.318 e. The van der Waals surface area contributed by atoms with Crippen molar-refractivity contribution in [1.29, 1.82) is 0 Å². The molecule has 1 aromatic heterocycles. The van der Waals surface area contributed by atoms with Gasteiger partial charge in [-0.25, -0.2) is 0 Å². The number of amides is 1. The van der Waals surface area contributed by atoms with Crippen LogP contribution in [0.15, 0.2) is 30.9 Å². The molecule has 3 aliphatic rings. The number of phenolic OH excluding ortho intramolecular Hbond substituents is 1. The third-order valence-electron chi connectivity index (χ3n) is 7.58. The summed E-state index contributed by atoms with van der Waals surface area (Å²) in [4.78, 5) is 30.6. The number of hydrogen-bond donors (Lipinski definition) is 1. The summed E-state index contributed by atoms with van der Waals surface area (Å²) >= 11 is 0. The highest BCUT2D eigenvalue weighted by Crippen LogP contribution is 2.33. The number of nitrogens with zero attached hydrogens (tertiary/aromatic N) is 6. The highest BCUT2D eigenvalue weighted by atomic mass is 16.5. The van der Waals surface area contributed by atoms with E-state index in [2.05, 4.69) is 28.2 Å². The molecule has 1 amide bonds. The van der Waals surface area contributed by atoms with Gasteiger partial charge in [0.15, 0.2) is 0 Å². The van der Waals surface area contributed by atoms with Crippen molar-refractivity contribution in [3.05, 3.63) is 47.7 Å². The normalized spacial score (nSPS) is 18.3. The Morgan fingerprint density at radius 3 is 2.66 bits per heavy atom. The van der Waals surface area contributed by atoms with Gasteiger partial charge in [-0.1, -0.05) is 12.6 Å². The van der Waals surface area contributed by atoms with Gasteiger partial charge in [-0.2, -0.15) is 9.97 Å². The Labute approximate surface area is 224 Å². The van der Waals surface area contributed by atoms with Crippen LogP contribution >= 0.6 is 0 Å². The van der Waals surface area contributed by atoms with E-state index in [0.717, 1.165) is 80.6 Å². The Balaban J connectivity index is 1.34. The van der Waals surface area contributed by atoms with E-state index in [1.54, 1.807) is 6.07 Å². The van der Waals surface area contributed by atoms with E-state index in [0.29, 0.717) is 45.3 Å². The topological polar surface area (TPSA) is 94.5 Å². The van der Waals surface area contributed by atoms with E-state index < -0.39 is 0 Å². The molecule has 0 aliphatic carbocycles. The number of aromatic hydroxyl groups is 1. The number of aryl methyl sites for hydroxylation is 1. The Hall–Kier alpha value is -3.37. The van der Waals surface area contributed by atoms with Gasteiger partial charge in [0.2, 0.25) is 5.91 Å². The molecule has 204 valence electrons. The van der Waals surface area contributed by atoms with Crippen molar-refractivity contribution in [3.8, 4) is 11.8 Å². The molecule has 1 N–H and O–H groups in total. The number of anilines is 2. The molecule has 38 heavy (non-hydrogen) atoms. The fourth-order valence-corrected chi connectivity index (χ4v) is 5.40. The van der Waals surface area contributed by atoms with Gasteiger partial charge in [0.25, 0.3) is 0 Å². The molecule has 0 atom stereocenters. The number of ether oxygens (including phenoxy) is 2. The lowest BCUT2D eigenvalue weighted by Crippen LogP contribution is -2.49. The van der Waals surface area contributed by atoms with Gasteiger partial charge in [-0.15, -0.1) is 0 Å². The molecule has 10 nitrogen and oxygen atoms in total. The van der Waals surface area contributed by atoms with Crippen LogP contribution in [0.5, 0.6) is 11.8 Å². The molecule has 0 spiro atoms. The number of morpholine rings is 1. The SMILES string of the molecule is C=CC(=O)N1CCN(c2nc(OCCCN3CCOCC3)nc3c2CCN(c2cc(O)ccc2C)C3)CC1. The number of rotatable bonds is 8. The quantitative estimate of drug-likeness (QED) is 0.413. The Morgan fingerprint density at radius 2 is 1.89 bits per heavy atom. The molecule has 4 heterocycles. The van der Waals surface area contributed by atoms with E-state index in [1.807, 2.05) is 17.0 Å². The number of hydrogen-bond acceptors (Lipinski definition) is 9. The van der Waals surface area contributed by atoms with Crippen molar-refractivity contribution in [1.82, 2.24) is 19.8 Å². The first-order valence-electron chi connectivity index (χ1n) is 13.6. The molecule has 5 rings (SSSR count). The van der Waals surface area contributed by atoms with Crippen LogP contribution in [0.25, 0.3) is 0 Å². The molecule has 0 radical (unpaired) electrons. The maximum atomic E-state index is 12.1. The predicted molar refractivity (Wildman–Crippen MR) is 146 cm³/mol. The monoisotopic (exact) mass is 522 g/mol. The van der Waals surface area contributed by atoms with Crippen molar-refractivity contribution in [2.75, 3.05) is 82.0 Å². The summed E-state index contributed by atoms with van der Waals surface area (Å²) in [7, 11) is 0. The van der Waals surface area contributed by atoms with Crippen molar-refractivity contribution >= 4 is 17.4 Å². The summed E-state index contributed by atoms with van der Waals surface area (Å²) in [5.41, 5.74) is 4.23. The molecule has 0 unspecified atom stereocenters. The van der Waals surface area contributed by atoms with Gasteiger partial charge in [-0.3, -0.25) is 9.69 Å². The average molecular weight is 523 g/mol. The Kier molecular flexibility index (Phi) is 8.29. The van der Waals surface area contributed by atoms with Gasteiger partial charge in [0, 0.05) is 69.7 Å². The van der Waals surface area contributed by atoms with Crippen molar-refractivity contribution < 1.29 is 19.4 Å². The zero-order valence-electron chi connectivity index (χ0n) is 22.3. The number of piperazine rings is 1. The first-order valence-corrected chi connectivity index (χ1v) is 13.6. The van der Waals surface area contributed by atoms with Crippen molar-refractivity contribution in [2.45, 2.75) is 26.3 Å². The minimum atomic E-state index is -0.0317. The fraction of sp³-hybridized carbons (Fsp3) is 0.536. The van der Waals surface area contributed by atoms with Crippen LogP contribution in [0.4, 0.5) is 11.5 Å². The van der Waals surface area contributed by atoms with Crippen LogP contribution in [0.1, 0.15) is 23.2 Å². The number of phenols is 1.